The number of carbonyl (C=O) groups is 1. The van der Waals surface area contributed by atoms with Crippen molar-refractivity contribution in [3.8, 4) is 0 Å². The highest BCUT2D eigenvalue weighted by atomic mass is 32.1. The second-order valence-electron chi connectivity index (χ2n) is 5.23. The molecule has 0 radical (unpaired) electrons. The number of carbonyl (C=O) groups excluding carboxylic acids is 1. The van der Waals surface area contributed by atoms with Crippen LogP contribution in [0.4, 0.5) is 0 Å². The number of fused-ring (bicyclic) bond motifs is 2. The van der Waals surface area contributed by atoms with E-state index in [1.807, 2.05) is 29.6 Å². The Kier molecular flexibility index (Phi) is 3.04. The lowest BCUT2D eigenvalue weighted by Gasteiger charge is -2.27. The fourth-order valence-electron chi connectivity index (χ4n) is 2.78. The first-order chi connectivity index (χ1) is 10.7. The lowest BCUT2D eigenvalue weighted by atomic mass is 10.1. The molecule has 6 heteroatoms. The van der Waals surface area contributed by atoms with Crippen molar-refractivity contribution in [3.63, 3.8) is 0 Å². The highest BCUT2D eigenvalue weighted by molar-refractivity contribution is 7.12. The third-order valence-corrected chi connectivity index (χ3v) is 4.76. The summed E-state index contributed by atoms with van der Waals surface area (Å²) in [4.78, 5) is 32.1. The quantitative estimate of drug-likeness (QED) is 0.690. The average Bonchev–Trinajstić information content (AvgIpc) is 3.09. The van der Waals surface area contributed by atoms with Gasteiger partial charge in [0.15, 0.2) is 0 Å². The number of rotatable bonds is 1. The first kappa shape index (κ1) is 13.2. The predicted molar refractivity (Wildman–Crippen MR) is 84.2 cm³/mol. The molecular formula is C16H13N3O2S. The fourth-order valence-corrected chi connectivity index (χ4v) is 3.47. The Morgan fingerprint density at radius 3 is 2.95 bits per heavy atom. The molecule has 5 nitrogen and oxygen atoms in total. The summed E-state index contributed by atoms with van der Waals surface area (Å²) in [6.45, 7) is 0.926. The molecule has 3 aromatic rings. The molecule has 0 bridgehead atoms. The van der Waals surface area contributed by atoms with Crippen LogP contribution in [0, 0.1) is 0 Å². The van der Waals surface area contributed by atoms with E-state index in [9.17, 15) is 9.59 Å². The van der Waals surface area contributed by atoms with E-state index in [4.69, 9.17) is 0 Å². The number of thiophene rings is 1. The Hall–Kier alpha value is -2.47. The van der Waals surface area contributed by atoms with Gasteiger partial charge in [0.1, 0.15) is 5.65 Å². The zero-order chi connectivity index (χ0) is 15.1. The van der Waals surface area contributed by atoms with Crippen molar-refractivity contribution in [1.29, 1.82) is 0 Å². The monoisotopic (exact) mass is 311 g/mol. The molecular weight excluding hydrogens is 298 g/mol. The standard InChI is InChI=1S/C16H13N3O2S/c20-15-11-10-18(16(21)13-4-3-9-22-13)8-6-12(11)17-14-5-1-2-7-19(14)15/h1-5,7,9H,6,8,10H2. The molecule has 4 rings (SSSR count). The third-order valence-electron chi connectivity index (χ3n) is 3.90. The minimum Gasteiger partial charge on any atom is -0.333 e. The van der Waals surface area contributed by atoms with Crippen molar-refractivity contribution in [2.75, 3.05) is 6.54 Å². The van der Waals surface area contributed by atoms with E-state index in [-0.39, 0.29) is 11.5 Å². The molecule has 0 atom stereocenters. The molecule has 0 saturated heterocycles. The van der Waals surface area contributed by atoms with Gasteiger partial charge in [0.2, 0.25) is 0 Å². The van der Waals surface area contributed by atoms with Crippen LogP contribution >= 0.6 is 11.3 Å². The van der Waals surface area contributed by atoms with E-state index in [1.165, 1.54) is 15.7 Å². The molecule has 0 N–H and O–H groups in total. The van der Waals surface area contributed by atoms with E-state index >= 15 is 0 Å². The smallest absolute Gasteiger partial charge is 0.264 e. The van der Waals surface area contributed by atoms with Gasteiger partial charge in [-0.25, -0.2) is 4.98 Å². The Labute approximate surface area is 130 Å². The van der Waals surface area contributed by atoms with Crippen LogP contribution in [-0.2, 0) is 13.0 Å². The van der Waals surface area contributed by atoms with Gasteiger partial charge >= 0.3 is 0 Å². The molecule has 1 aliphatic heterocycles. The van der Waals surface area contributed by atoms with Crippen LogP contribution in [0.15, 0.2) is 46.7 Å². The first-order valence-corrected chi connectivity index (χ1v) is 7.94. The largest absolute Gasteiger partial charge is 0.333 e. The summed E-state index contributed by atoms with van der Waals surface area (Å²) < 4.78 is 1.54. The molecule has 22 heavy (non-hydrogen) atoms. The maximum atomic E-state index is 12.6. The highest BCUT2D eigenvalue weighted by Gasteiger charge is 2.25. The van der Waals surface area contributed by atoms with E-state index in [1.54, 1.807) is 17.2 Å². The minimum atomic E-state index is -0.0794. The van der Waals surface area contributed by atoms with Gasteiger partial charge in [-0.2, -0.15) is 0 Å². The predicted octanol–water partition coefficient (Wildman–Crippen LogP) is 1.95. The van der Waals surface area contributed by atoms with Crippen molar-refractivity contribution >= 4 is 22.9 Å². The fraction of sp³-hybridized carbons (Fsp3) is 0.188. The van der Waals surface area contributed by atoms with Gasteiger partial charge in [-0.05, 0) is 23.6 Å². The van der Waals surface area contributed by atoms with Crippen LogP contribution in [0.1, 0.15) is 20.9 Å². The second-order valence-corrected chi connectivity index (χ2v) is 6.17. The number of pyridine rings is 1. The highest BCUT2D eigenvalue weighted by Crippen LogP contribution is 2.19. The summed E-state index contributed by atoms with van der Waals surface area (Å²) in [6, 6.07) is 9.17. The van der Waals surface area contributed by atoms with Crippen LogP contribution in [0.5, 0.6) is 0 Å². The first-order valence-electron chi connectivity index (χ1n) is 7.06. The topological polar surface area (TPSA) is 54.7 Å². The molecule has 0 saturated carbocycles. The zero-order valence-electron chi connectivity index (χ0n) is 11.7. The van der Waals surface area contributed by atoms with E-state index in [0.717, 1.165) is 5.69 Å². The summed E-state index contributed by atoms with van der Waals surface area (Å²) in [5, 5.41) is 1.88. The van der Waals surface area contributed by atoms with Crippen LogP contribution < -0.4 is 5.56 Å². The SMILES string of the molecule is O=C(c1cccs1)N1CCc2nc3ccccn3c(=O)c2C1. The summed E-state index contributed by atoms with van der Waals surface area (Å²) in [7, 11) is 0. The van der Waals surface area contributed by atoms with Crippen molar-refractivity contribution in [2.45, 2.75) is 13.0 Å². The van der Waals surface area contributed by atoms with Crippen LogP contribution in [0.25, 0.3) is 5.65 Å². The molecule has 0 unspecified atom stereocenters. The Morgan fingerprint density at radius 1 is 1.23 bits per heavy atom. The van der Waals surface area contributed by atoms with Crippen molar-refractivity contribution < 1.29 is 4.79 Å². The Balaban J connectivity index is 1.76. The molecule has 110 valence electrons. The molecule has 3 aromatic heterocycles. The number of aromatic nitrogens is 2. The van der Waals surface area contributed by atoms with Crippen LogP contribution in [0.3, 0.4) is 0 Å². The van der Waals surface area contributed by atoms with Crippen molar-refractivity contribution in [2.24, 2.45) is 0 Å². The molecule has 0 aromatic carbocycles. The molecule has 0 aliphatic carbocycles. The van der Waals surface area contributed by atoms with Gasteiger partial charge in [-0.1, -0.05) is 12.1 Å². The minimum absolute atomic E-state index is 0.0155. The summed E-state index contributed by atoms with van der Waals surface area (Å²) in [5.74, 6) is -0.0155. The lowest BCUT2D eigenvalue weighted by Crippen LogP contribution is -2.39. The van der Waals surface area contributed by atoms with Gasteiger partial charge in [0.25, 0.3) is 11.5 Å². The second kappa shape index (κ2) is 5.06. The molecule has 0 fully saturated rings. The number of hydrogen-bond acceptors (Lipinski definition) is 4. The Bertz CT molecular complexity index is 915. The summed E-state index contributed by atoms with van der Waals surface area (Å²) >= 11 is 1.42. The van der Waals surface area contributed by atoms with Crippen molar-refractivity contribution in [1.82, 2.24) is 14.3 Å². The van der Waals surface area contributed by atoms with E-state index < -0.39 is 0 Å². The molecule has 1 aliphatic rings. The third kappa shape index (κ3) is 2.03. The molecule has 1 amide bonds. The average molecular weight is 311 g/mol. The van der Waals surface area contributed by atoms with Crippen molar-refractivity contribution in [3.05, 3.63) is 68.4 Å². The Morgan fingerprint density at radius 2 is 2.14 bits per heavy atom. The van der Waals surface area contributed by atoms with Gasteiger partial charge in [-0.3, -0.25) is 14.0 Å². The number of nitrogens with zero attached hydrogens (tertiary/aromatic N) is 3. The normalized spacial score (nSPS) is 14.1. The lowest BCUT2D eigenvalue weighted by molar-refractivity contribution is 0.0737. The van der Waals surface area contributed by atoms with Gasteiger partial charge < -0.3 is 4.90 Å². The van der Waals surface area contributed by atoms with E-state index in [0.29, 0.717) is 35.6 Å². The number of amides is 1. The molecule has 4 heterocycles. The van der Waals surface area contributed by atoms with Crippen LogP contribution in [-0.4, -0.2) is 26.7 Å². The summed E-state index contributed by atoms with van der Waals surface area (Å²) in [5.41, 5.74) is 2.01. The van der Waals surface area contributed by atoms with Gasteiger partial charge in [-0.15, -0.1) is 11.3 Å². The number of hydrogen-bond donors (Lipinski definition) is 0. The molecule has 0 spiro atoms. The van der Waals surface area contributed by atoms with Gasteiger partial charge in [0.05, 0.1) is 22.7 Å². The van der Waals surface area contributed by atoms with Crippen LogP contribution in [0.2, 0.25) is 0 Å². The summed E-state index contributed by atoms with van der Waals surface area (Å²) in [6.07, 6.45) is 2.33. The maximum Gasteiger partial charge on any atom is 0.264 e. The van der Waals surface area contributed by atoms with Gasteiger partial charge in [0, 0.05) is 19.2 Å². The maximum absolute atomic E-state index is 12.6. The van der Waals surface area contributed by atoms with E-state index in [2.05, 4.69) is 4.98 Å². The zero-order valence-corrected chi connectivity index (χ0v) is 12.5.